The van der Waals surface area contributed by atoms with Gasteiger partial charge in [0.05, 0.1) is 6.61 Å². The van der Waals surface area contributed by atoms with Crippen LogP contribution in [0.2, 0.25) is 0 Å². The predicted octanol–water partition coefficient (Wildman–Crippen LogP) is 1.61. The van der Waals surface area contributed by atoms with Crippen molar-refractivity contribution in [1.29, 1.82) is 0 Å². The molecule has 1 saturated heterocycles. The molecule has 0 aromatic heterocycles. The van der Waals surface area contributed by atoms with Gasteiger partial charge in [-0.2, -0.15) is 0 Å². The molecular formula is C13H20N2O. The highest BCUT2D eigenvalue weighted by Gasteiger charge is 2.25. The zero-order valence-corrected chi connectivity index (χ0v) is 9.99. The molecule has 1 aliphatic heterocycles. The number of aryl methyl sites for hydroxylation is 1. The molecule has 1 aromatic rings. The Hall–Kier alpha value is -1.06. The Balaban J connectivity index is 2.13. The number of nitrogens with one attached hydrogen (secondary N) is 1. The van der Waals surface area contributed by atoms with Gasteiger partial charge in [0.1, 0.15) is 5.75 Å². The Labute approximate surface area is 97.0 Å². The molecule has 1 aliphatic rings. The van der Waals surface area contributed by atoms with E-state index in [1.165, 1.54) is 11.1 Å². The Morgan fingerprint density at radius 1 is 1.50 bits per heavy atom. The van der Waals surface area contributed by atoms with Gasteiger partial charge in [0.15, 0.2) is 0 Å². The summed E-state index contributed by atoms with van der Waals surface area (Å²) in [6.45, 7) is 6.85. The molecular weight excluding hydrogens is 200 g/mol. The molecule has 0 spiro atoms. The maximum absolute atomic E-state index is 6.21. The number of ether oxygens (including phenoxy) is 1. The van der Waals surface area contributed by atoms with E-state index in [2.05, 4.69) is 24.4 Å². The zero-order chi connectivity index (χ0) is 11.5. The third kappa shape index (κ3) is 2.20. The molecule has 3 heteroatoms. The molecule has 0 saturated carbocycles. The standard InChI is InChI=1S/C13H20N2O/c1-3-16-12-5-4-10(6-9(12)2)13(14)11-7-15-8-11/h4-6,11,13,15H,3,7-8,14H2,1-2H3. The molecule has 0 radical (unpaired) electrons. The van der Waals surface area contributed by atoms with E-state index in [1.54, 1.807) is 0 Å². The molecule has 1 unspecified atom stereocenters. The van der Waals surface area contributed by atoms with Crippen molar-refractivity contribution in [1.82, 2.24) is 5.32 Å². The van der Waals surface area contributed by atoms with Crippen LogP contribution in [0.3, 0.4) is 0 Å². The minimum absolute atomic E-state index is 0.149. The van der Waals surface area contributed by atoms with Crippen molar-refractivity contribution in [2.24, 2.45) is 11.7 Å². The van der Waals surface area contributed by atoms with E-state index in [1.807, 2.05) is 13.0 Å². The van der Waals surface area contributed by atoms with Crippen LogP contribution in [-0.2, 0) is 0 Å². The van der Waals surface area contributed by atoms with Crippen molar-refractivity contribution in [3.05, 3.63) is 29.3 Å². The molecule has 0 amide bonds. The number of nitrogens with two attached hydrogens (primary N) is 1. The summed E-state index contributed by atoms with van der Waals surface area (Å²) in [7, 11) is 0. The Morgan fingerprint density at radius 3 is 2.75 bits per heavy atom. The molecule has 0 bridgehead atoms. The topological polar surface area (TPSA) is 47.3 Å². The summed E-state index contributed by atoms with van der Waals surface area (Å²) in [5, 5.41) is 3.25. The van der Waals surface area contributed by atoms with Crippen LogP contribution < -0.4 is 15.8 Å². The van der Waals surface area contributed by atoms with Gasteiger partial charge in [-0.15, -0.1) is 0 Å². The highest BCUT2D eigenvalue weighted by molar-refractivity contribution is 5.37. The van der Waals surface area contributed by atoms with Crippen molar-refractivity contribution >= 4 is 0 Å². The van der Waals surface area contributed by atoms with Crippen LogP contribution in [0.1, 0.15) is 24.1 Å². The molecule has 1 aromatic carbocycles. The minimum Gasteiger partial charge on any atom is -0.494 e. The summed E-state index contributed by atoms with van der Waals surface area (Å²) in [5.74, 6) is 1.54. The summed E-state index contributed by atoms with van der Waals surface area (Å²) in [4.78, 5) is 0. The van der Waals surface area contributed by atoms with Crippen LogP contribution in [0, 0.1) is 12.8 Å². The maximum Gasteiger partial charge on any atom is 0.122 e. The summed E-state index contributed by atoms with van der Waals surface area (Å²) in [6, 6.07) is 6.41. The first-order valence-electron chi connectivity index (χ1n) is 5.92. The fraction of sp³-hybridized carbons (Fsp3) is 0.538. The van der Waals surface area contributed by atoms with E-state index in [4.69, 9.17) is 10.5 Å². The minimum atomic E-state index is 0.149. The molecule has 3 N–H and O–H groups in total. The van der Waals surface area contributed by atoms with Crippen molar-refractivity contribution in [2.45, 2.75) is 19.9 Å². The van der Waals surface area contributed by atoms with Crippen molar-refractivity contribution in [2.75, 3.05) is 19.7 Å². The smallest absolute Gasteiger partial charge is 0.122 e. The lowest BCUT2D eigenvalue weighted by atomic mass is 9.88. The average molecular weight is 220 g/mol. The van der Waals surface area contributed by atoms with Gasteiger partial charge in [0.2, 0.25) is 0 Å². The van der Waals surface area contributed by atoms with Crippen LogP contribution in [0.5, 0.6) is 5.75 Å². The van der Waals surface area contributed by atoms with Gasteiger partial charge in [0, 0.05) is 25.0 Å². The Kier molecular flexibility index (Phi) is 3.46. The second-order valence-corrected chi connectivity index (χ2v) is 4.40. The van der Waals surface area contributed by atoms with Gasteiger partial charge in [0.25, 0.3) is 0 Å². The zero-order valence-electron chi connectivity index (χ0n) is 9.99. The van der Waals surface area contributed by atoms with E-state index in [0.717, 1.165) is 18.8 Å². The van der Waals surface area contributed by atoms with Gasteiger partial charge < -0.3 is 15.8 Å². The van der Waals surface area contributed by atoms with Crippen LogP contribution in [0.25, 0.3) is 0 Å². The Morgan fingerprint density at radius 2 is 2.25 bits per heavy atom. The lowest BCUT2D eigenvalue weighted by Crippen LogP contribution is -2.47. The van der Waals surface area contributed by atoms with Gasteiger partial charge >= 0.3 is 0 Å². The lowest BCUT2D eigenvalue weighted by Gasteiger charge is -2.32. The van der Waals surface area contributed by atoms with Crippen LogP contribution >= 0.6 is 0 Å². The van der Waals surface area contributed by atoms with Gasteiger partial charge in [-0.25, -0.2) is 0 Å². The first-order chi connectivity index (χ1) is 7.72. The van der Waals surface area contributed by atoms with Crippen molar-refractivity contribution in [3.8, 4) is 5.75 Å². The van der Waals surface area contributed by atoms with E-state index >= 15 is 0 Å². The summed E-state index contributed by atoms with van der Waals surface area (Å²) in [5.41, 5.74) is 8.60. The molecule has 3 nitrogen and oxygen atoms in total. The Bertz CT molecular complexity index is 361. The van der Waals surface area contributed by atoms with Crippen LogP contribution in [0.15, 0.2) is 18.2 Å². The maximum atomic E-state index is 6.21. The molecule has 1 heterocycles. The normalized spacial score (nSPS) is 17.9. The third-order valence-corrected chi connectivity index (χ3v) is 3.20. The van der Waals surface area contributed by atoms with Crippen LogP contribution in [0.4, 0.5) is 0 Å². The van der Waals surface area contributed by atoms with E-state index < -0.39 is 0 Å². The highest BCUT2D eigenvalue weighted by Crippen LogP contribution is 2.27. The first kappa shape index (κ1) is 11.4. The average Bonchev–Trinajstić information content (AvgIpc) is 2.18. The molecule has 0 aliphatic carbocycles. The SMILES string of the molecule is CCOc1ccc(C(N)C2CNC2)cc1C. The fourth-order valence-corrected chi connectivity index (χ4v) is 2.03. The van der Waals surface area contributed by atoms with Gasteiger partial charge in [-0.3, -0.25) is 0 Å². The van der Waals surface area contributed by atoms with Gasteiger partial charge in [-0.1, -0.05) is 12.1 Å². The fourth-order valence-electron chi connectivity index (χ4n) is 2.03. The molecule has 1 atom stereocenters. The van der Waals surface area contributed by atoms with E-state index in [-0.39, 0.29) is 6.04 Å². The second kappa shape index (κ2) is 4.85. The molecule has 88 valence electrons. The van der Waals surface area contributed by atoms with E-state index in [9.17, 15) is 0 Å². The number of benzene rings is 1. The van der Waals surface area contributed by atoms with Crippen LogP contribution in [-0.4, -0.2) is 19.7 Å². The first-order valence-corrected chi connectivity index (χ1v) is 5.92. The second-order valence-electron chi connectivity index (χ2n) is 4.40. The summed E-state index contributed by atoms with van der Waals surface area (Å²) >= 11 is 0. The summed E-state index contributed by atoms with van der Waals surface area (Å²) in [6.07, 6.45) is 0. The molecule has 2 rings (SSSR count). The van der Waals surface area contributed by atoms with Crippen molar-refractivity contribution < 1.29 is 4.74 Å². The number of hydrogen-bond donors (Lipinski definition) is 2. The number of rotatable bonds is 4. The quantitative estimate of drug-likeness (QED) is 0.810. The number of hydrogen-bond acceptors (Lipinski definition) is 3. The predicted molar refractivity (Wildman–Crippen MR) is 65.6 cm³/mol. The lowest BCUT2D eigenvalue weighted by molar-refractivity contribution is 0.294. The third-order valence-electron chi connectivity index (χ3n) is 3.20. The summed E-state index contributed by atoms with van der Waals surface area (Å²) < 4.78 is 5.52. The highest BCUT2D eigenvalue weighted by atomic mass is 16.5. The monoisotopic (exact) mass is 220 g/mol. The van der Waals surface area contributed by atoms with Gasteiger partial charge in [-0.05, 0) is 31.0 Å². The molecule has 1 fully saturated rings. The van der Waals surface area contributed by atoms with Crippen molar-refractivity contribution in [3.63, 3.8) is 0 Å². The largest absolute Gasteiger partial charge is 0.494 e. The van der Waals surface area contributed by atoms with E-state index in [0.29, 0.717) is 12.5 Å². The molecule has 16 heavy (non-hydrogen) atoms.